The molecule has 1 aromatic carbocycles. The zero-order valence-corrected chi connectivity index (χ0v) is 10.6. The van der Waals surface area contributed by atoms with Crippen LogP contribution in [0.4, 0.5) is 0 Å². The minimum Gasteiger partial charge on any atom is -0.496 e. The van der Waals surface area contributed by atoms with Gasteiger partial charge in [0.05, 0.1) is 17.7 Å². The Morgan fingerprint density at radius 2 is 2.31 bits per heavy atom. The van der Waals surface area contributed by atoms with Crippen molar-refractivity contribution < 1.29 is 9.53 Å². The lowest BCUT2D eigenvalue weighted by atomic mass is 10.2. The molecule has 16 heavy (non-hydrogen) atoms. The molecule has 0 radical (unpaired) electrons. The number of nitriles is 1. The summed E-state index contributed by atoms with van der Waals surface area (Å²) in [7, 11) is 3.15. The van der Waals surface area contributed by atoms with Crippen molar-refractivity contribution in [3.8, 4) is 11.8 Å². The zero-order chi connectivity index (χ0) is 12.1. The van der Waals surface area contributed by atoms with Crippen molar-refractivity contribution >= 4 is 21.8 Å². The second-order valence-corrected chi connectivity index (χ2v) is 4.02. The number of halogens is 1. The molecule has 0 aliphatic heterocycles. The van der Waals surface area contributed by atoms with Crippen LogP contribution in [0, 0.1) is 11.3 Å². The van der Waals surface area contributed by atoms with E-state index in [9.17, 15) is 4.79 Å². The Balaban J connectivity index is 2.94. The SMILES string of the molecule is COc1ccc(C(=O)N(C)CC#N)cc1Br. The summed E-state index contributed by atoms with van der Waals surface area (Å²) in [6.07, 6.45) is 0. The summed E-state index contributed by atoms with van der Waals surface area (Å²) in [5.41, 5.74) is 0.519. The summed E-state index contributed by atoms with van der Waals surface area (Å²) in [5, 5.41) is 8.50. The Morgan fingerprint density at radius 3 is 2.81 bits per heavy atom. The van der Waals surface area contributed by atoms with Gasteiger partial charge in [0.1, 0.15) is 12.3 Å². The largest absolute Gasteiger partial charge is 0.496 e. The molecule has 0 unspecified atom stereocenters. The van der Waals surface area contributed by atoms with E-state index in [0.29, 0.717) is 15.8 Å². The molecular weight excluding hydrogens is 272 g/mol. The molecule has 0 aliphatic rings. The molecular formula is C11H11BrN2O2. The van der Waals surface area contributed by atoms with E-state index in [0.717, 1.165) is 0 Å². The van der Waals surface area contributed by atoms with Crippen LogP contribution in [0.15, 0.2) is 22.7 Å². The van der Waals surface area contributed by atoms with Crippen LogP contribution in [-0.4, -0.2) is 31.5 Å². The first kappa shape index (κ1) is 12.5. The Morgan fingerprint density at radius 1 is 1.62 bits per heavy atom. The molecule has 0 saturated heterocycles. The fourth-order valence-electron chi connectivity index (χ4n) is 1.20. The minimum absolute atomic E-state index is 0.0719. The molecule has 1 aromatic rings. The van der Waals surface area contributed by atoms with Gasteiger partial charge < -0.3 is 9.64 Å². The fraction of sp³-hybridized carbons (Fsp3) is 0.273. The maximum atomic E-state index is 11.8. The van der Waals surface area contributed by atoms with Gasteiger partial charge in [0.15, 0.2) is 0 Å². The van der Waals surface area contributed by atoms with Gasteiger partial charge in [0.2, 0.25) is 0 Å². The standard InChI is InChI=1S/C11H11BrN2O2/c1-14(6-5-13)11(15)8-3-4-10(16-2)9(12)7-8/h3-4,7H,6H2,1-2H3. The van der Waals surface area contributed by atoms with Crippen LogP contribution in [0.1, 0.15) is 10.4 Å². The van der Waals surface area contributed by atoms with Crippen molar-refractivity contribution in [2.45, 2.75) is 0 Å². The highest BCUT2D eigenvalue weighted by atomic mass is 79.9. The smallest absolute Gasteiger partial charge is 0.254 e. The van der Waals surface area contributed by atoms with E-state index < -0.39 is 0 Å². The molecule has 84 valence electrons. The van der Waals surface area contributed by atoms with Crippen molar-refractivity contribution in [1.82, 2.24) is 4.90 Å². The molecule has 0 spiro atoms. The number of methoxy groups -OCH3 is 1. The monoisotopic (exact) mass is 282 g/mol. The first-order valence-electron chi connectivity index (χ1n) is 4.56. The van der Waals surface area contributed by atoms with Gasteiger partial charge in [-0.05, 0) is 34.1 Å². The number of hydrogen-bond donors (Lipinski definition) is 0. The van der Waals surface area contributed by atoms with E-state index in [2.05, 4.69) is 15.9 Å². The first-order valence-corrected chi connectivity index (χ1v) is 5.35. The third-order valence-electron chi connectivity index (χ3n) is 2.05. The van der Waals surface area contributed by atoms with Crippen molar-refractivity contribution in [3.63, 3.8) is 0 Å². The van der Waals surface area contributed by atoms with Crippen LogP contribution < -0.4 is 4.74 Å². The van der Waals surface area contributed by atoms with Gasteiger partial charge in [0, 0.05) is 12.6 Å². The lowest BCUT2D eigenvalue weighted by molar-refractivity contribution is 0.0812. The molecule has 0 heterocycles. The first-order chi connectivity index (χ1) is 7.60. The number of nitrogens with zero attached hydrogens (tertiary/aromatic N) is 2. The fourth-order valence-corrected chi connectivity index (χ4v) is 1.74. The normalized spacial score (nSPS) is 9.38. The molecule has 4 nitrogen and oxygen atoms in total. The van der Waals surface area contributed by atoms with Gasteiger partial charge >= 0.3 is 0 Å². The summed E-state index contributed by atoms with van der Waals surface area (Å²) in [6, 6.07) is 6.97. The van der Waals surface area contributed by atoms with E-state index >= 15 is 0 Å². The predicted octanol–water partition coefficient (Wildman–Crippen LogP) is 2.05. The lowest BCUT2D eigenvalue weighted by Gasteiger charge is -2.13. The predicted molar refractivity (Wildman–Crippen MR) is 63.3 cm³/mol. The summed E-state index contributed by atoms with van der Waals surface area (Å²) >= 11 is 3.30. The summed E-state index contributed by atoms with van der Waals surface area (Å²) in [5.74, 6) is 0.476. The van der Waals surface area contributed by atoms with Crippen molar-refractivity contribution in [3.05, 3.63) is 28.2 Å². The van der Waals surface area contributed by atoms with Crippen LogP contribution >= 0.6 is 15.9 Å². The average Bonchev–Trinajstić information content (AvgIpc) is 2.28. The maximum absolute atomic E-state index is 11.8. The summed E-state index contributed by atoms with van der Waals surface area (Å²) in [4.78, 5) is 13.2. The number of carbonyl (C=O) groups is 1. The molecule has 1 rings (SSSR count). The number of rotatable bonds is 3. The Labute approximate surface area is 103 Å². The number of amides is 1. The number of hydrogen-bond acceptors (Lipinski definition) is 3. The average molecular weight is 283 g/mol. The topological polar surface area (TPSA) is 53.3 Å². The Bertz CT molecular complexity index is 440. The van der Waals surface area contributed by atoms with Gasteiger partial charge in [-0.2, -0.15) is 5.26 Å². The summed E-state index contributed by atoms with van der Waals surface area (Å²) < 4.78 is 5.78. The minimum atomic E-state index is -0.190. The Kier molecular flexibility index (Phi) is 4.32. The molecule has 0 N–H and O–H groups in total. The highest BCUT2D eigenvalue weighted by Gasteiger charge is 2.12. The van der Waals surface area contributed by atoms with E-state index in [1.165, 1.54) is 4.90 Å². The summed E-state index contributed by atoms with van der Waals surface area (Å²) in [6.45, 7) is 0.0719. The van der Waals surface area contributed by atoms with Crippen molar-refractivity contribution in [2.24, 2.45) is 0 Å². The Hall–Kier alpha value is -1.54. The third-order valence-corrected chi connectivity index (χ3v) is 2.67. The number of carbonyl (C=O) groups excluding carboxylic acids is 1. The van der Waals surface area contributed by atoms with Crippen molar-refractivity contribution in [2.75, 3.05) is 20.7 Å². The number of benzene rings is 1. The number of ether oxygens (including phenoxy) is 1. The van der Waals surface area contributed by atoms with E-state index in [4.69, 9.17) is 10.00 Å². The quantitative estimate of drug-likeness (QED) is 0.798. The van der Waals surface area contributed by atoms with E-state index in [1.54, 1.807) is 32.4 Å². The van der Waals surface area contributed by atoms with Crippen LogP contribution in [0.5, 0.6) is 5.75 Å². The molecule has 0 bridgehead atoms. The third kappa shape index (κ3) is 2.74. The van der Waals surface area contributed by atoms with E-state index in [1.807, 2.05) is 6.07 Å². The lowest BCUT2D eigenvalue weighted by Crippen LogP contribution is -2.26. The van der Waals surface area contributed by atoms with Gasteiger partial charge in [-0.15, -0.1) is 0 Å². The zero-order valence-electron chi connectivity index (χ0n) is 9.03. The molecule has 0 aromatic heterocycles. The molecule has 5 heteroatoms. The van der Waals surface area contributed by atoms with Gasteiger partial charge in [-0.25, -0.2) is 0 Å². The van der Waals surface area contributed by atoms with Gasteiger partial charge in [0.25, 0.3) is 5.91 Å². The van der Waals surface area contributed by atoms with E-state index in [-0.39, 0.29) is 12.5 Å². The highest BCUT2D eigenvalue weighted by molar-refractivity contribution is 9.10. The molecule has 1 amide bonds. The highest BCUT2D eigenvalue weighted by Crippen LogP contribution is 2.25. The van der Waals surface area contributed by atoms with Gasteiger partial charge in [-0.3, -0.25) is 4.79 Å². The maximum Gasteiger partial charge on any atom is 0.254 e. The molecule has 0 aliphatic carbocycles. The molecule has 0 fully saturated rings. The molecule has 0 atom stereocenters. The second kappa shape index (κ2) is 5.52. The van der Waals surface area contributed by atoms with Crippen molar-refractivity contribution in [1.29, 1.82) is 5.26 Å². The van der Waals surface area contributed by atoms with Crippen LogP contribution in [0.3, 0.4) is 0 Å². The van der Waals surface area contributed by atoms with Gasteiger partial charge in [-0.1, -0.05) is 0 Å². The van der Waals surface area contributed by atoms with Crippen LogP contribution in [-0.2, 0) is 0 Å². The molecule has 0 saturated carbocycles. The second-order valence-electron chi connectivity index (χ2n) is 3.17. The van der Waals surface area contributed by atoms with Crippen LogP contribution in [0.2, 0.25) is 0 Å². The van der Waals surface area contributed by atoms with Crippen LogP contribution in [0.25, 0.3) is 0 Å².